The first-order chi connectivity index (χ1) is 12.8. The molecule has 0 saturated carbocycles. The molecule has 0 saturated heterocycles. The molecule has 0 spiro atoms. The van der Waals surface area contributed by atoms with Crippen LogP contribution in [0.2, 0.25) is 5.02 Å². The highest BCUT2D eigenvalue weighted by molar-refractivity contribution is 7.14. The lowest BCUT2D eigenvalue weighted by Crippen LogP contribution is -2.14. The number of amides is 1. The van der Waals surface area contributed by atoms with Gasteiger partial charge in [-0.15, -0.1) is 11.3 Å². The number of carbonyl (C=O) groups excluding carboxylic acids is 1. The maximum absolute atomic E-state index is 12.5. The lowest BCUT2D eigenvalue weighted by Gasteiger charge is -2.13. The summed E-state index contributed by atoms with van der Waals surface area (Å²) in [5, 5.41) is 16.8. The van der Waals surface area contributed by atoms with Gasteiger partial charge >= 0.3 is 0 Å². The van der Waals surface area contributed by atoms with Gasteiger partial charge in [-0.1, -0.05) is 23.7 Å². The molecule has 0 aliphatic rings. The number of hydrogen-bond donors (Lipinski definition) is 1. The largest absolute Gasteiger partial charge is 0.372 e. The average molecular weight is 403 g/mol. The Morgan fingerprint density at radius 2 is 1.93 bits per heavy atom. The number of carbonyl (C=O) groups is 1. The van der Waals surface area contributed by atoms with Crippen LogP contribution in [0.5, 0.6) is 0 Å². The summed E-state index contributed by atoms with van der Waals surface area (Å²) in [4.78, 5) is 29.2. The van der Waals surface area contributed by atoms with Crippen LogP contribution in [0.1, 0.15) is 10.4 Å². The molecule has 3 rings (SSSR count). The number of nitro benzene ring substituents is 1. The Morgan fingerprint density at radius 1 is 1.22 bits per heavy atom. The van der Waals surface area contributed by atoms with Crippen molar-refractivity contribution in [1.82, 2.24) is 4.98 Å². The number of thiazole rings is 1. The van der Waals surface area contributed by atoms with Gasteiger partial charge in [-0.25, -0.2) is 4.98 Å². The zero-order valence-electron chi connectivity index (χ0n) is 14.5. The molecular weight excluding hydrogens is 388 g/mol. The van der Waals surface area contributed by atoms with Gasteiger partial charge < -0.3 is 4.90 Å². The third kappa shape index (κ3) is 4.24. The molecule has 1 amide bonds. The lowest BCUT2D eigenvalue weighted by atomic mass is 10.1. The molecule has 0 unspecified atom stereocenters. The van der Waals surface area contributed by atoms with Crippen molar-refractivity contribution in [1.29, 1.82) is 0 Å². The second-order valence-corrected chi connectivity index (χ2v) is 7.15. The van der Waals surface area contributed by atoms with Crippen LogP contribution in [0.25, 0.3) is 11.3 Å². The van der Waals surface area contributed by atoms with E-state index in [0.29, 0.717) is 21.5 Å². The Labute approximate surface area is 164 Å². The van der Waals surface area contributed by atoms with Crippen LogP contribution in [0, 0.1) is 10.1 Å². The minimum absolute atomic E-state index is 0.131. The van der Waals surface area contributed by atoms with Crippen molar-refractivity contribution in [2.45, 2.75) is 0 Å². The first-order valence-corrected chi connectivity index (χ1v) is 9.09. The monoisotopic (exact) mass is 402 g/mol. The van der Waals surface area contributed by atoms with E-state index in [0.717, 1.165) is 5.56 Å². The second kappa shape index (κ2) is 7.73. The van der Waals surface area contributed by atoms with Gasteiger partial charge in [0.15, 0.2) is 5.13 Å². The van der Waals surface area contributed by atoms with Crippen LogP contribution in [-0.4, -0.2) is 29.9 Å². The smallest absolute Gasteiger partial charge is 0.293 e. The molecule has 2 aromatic carbocycles. The van der Waals surface area contributed by atoms with E-state index in [9.17, 15) is 14.9 Å². The number of anilines is 2. The molecule has 138 valence electrons. The normalized spacial score (nSPS) is 10.5. The summed E-state index contributed by atoms with van der Waals surface area (Å²) in [6.45, 7) is 0. The predicted molar refractivity (Wildman–Crippen MR) is 108 cm³/mol. The van der Waals surface area contributed by atoms with Crippen molar-refractivity contribution < 1.29 is 9.72 Å². The minimum Gasteiger partial charge on any atom is -0.372 e. The Hall–Kier alpha value is -2.97. The Kier molecular flexibility index (Phi) is 5.38. The van der Waals surface area contributed by atoms with Gasteiger partial charge in [0.2, 0.25) is 0 Å². The molecule has 0 atom stereocenters. The second-order valence-electron chi connectivity index (χ2n) is 5.85. The summed E-state index contributed by atoms with van der Waals surface area (Å²) in [5.74, 6) is -0.458. The number of hydrogen-bond acceptors (Lipinski definition) is 6. The topological polar surface area (TPSA) is 88.4 Å². The van der Waals surface area contributed by atoms with Crippen LogP contribution in [0.15, 0.2) is 47.8 Å². The van der Waals surface area contributed by atoms with Crippen molar-refractivity contribution in [3.05, 3.63) is 68.5 Å². The summed E-state index contributed by atoms with van der Waals surface area (Å²) in [7, 11) is 3.41. The van der Waals surface area contributed by atoms with Gasteiger partial charge in [0.25, 0.3) is 11.6 Å². The number of nitrogens with one attached hydrogen (secondary N) is 1. The van der Waals surface area contributed by atoms with E-state index in [4.69, 9.17) is 11.6 Å². The van der Waals surface area contributed by atoms with Crippen molar-refractivity contribution in [3.8, 4) is 11.3 Å². The van der Waals surface area contributed by atoms with Gasteiger partial charge in [-0.2, -0.15) is 0 Å². The molecule has 1 aromatic heterocycles. The third-order valence-corrected chi connectivity index (χ3v) is 4.79. The standard InChI is InChI=1S/C18H15ClN4O3S/c1-22(2)15-8-5-12(9-16(15)23(25)26)17(24)21-18-20-14(10-27-18)11-3-6-13(19)7-4-11/h3-10H,1-2H3,(H,20,21,24). The van der Waals surface area contributed by atoms with Gasteiger partial charge in [-0.3, -0.25) is 20.2 Å². The average Bonchev–Trinajstić information content (AvgIpc) is 3.10. The van der Waals surface area contributed by atoms with E-state index in [1.807, 2.05) is 17.5 Å². The van der Waals surface area contributed by atoms with E-state index in [1.54, 1.807) is 43.3 Å². The van der Waals surface area contributed by atoms with Crippen molar-refractivity contribution >= 4 is 45.4 Å². The highest BCUT2D eigenvalue weighted by atomic mass is 35.5. The lowest BCUT2D eigenvalue weighted by molar-refractivity contribution is -0.384. The molecule has 27 heavy (non-hydrogen) atoms. The summed E-state index contributed by atoms with van der Waals surface area (Å²) in [6.07, 6.45) is 0. The molecule has 0 bridgehead atoms. The zero-order valence-corrected chi connectivity index (χ0v) is 16.0. The summed E-state index contributed by atoms with van der Waals surface area (Å²) in [5.41, 5.74) is 2.07. The molecule has 7 nitrogen and oxygen atoms in total. The molecule has 0 aliphatic heterocycles. The Bertz CT molecular complexity index is 1000. The first-order valence-electron chi connectivity index (χ1n) is 7.84. The number of benzene rings is 2. The molecule has 9 heteroatoms. The maximum Gasteiger partial charge on any atom is 0.293 e. The fraction of sp³-hybridized carbons (Fsp3) is 0.111. The third-order valence-electron chi connectivity index (χ3n) is 3.78. The first kappa shape index (κ1) is 18.8. The minimum atomic E-state index is -0.506. The van der Waals surface area contributed by atoms with E-state index < -0.39 is 10.8 Å². The fourth-order valence-corrected chi connectivity index (χ4v) is 3.28. The Morgan fingerprint density at radius 3 is 2.56 bits per heavy atom. The summed E-state index contributed by atoms with van der Waals surface area (Å²) < 4.78 is 0. The fourth-order valence-electron chi connectivity index (χ4n) is 2.44. The van der Waals surface area contributed by atoms with Crippen LogP contribution >= 0.6 is 22.9 Å². The van der Waals surface area contributed by atoms with Gasteiger partial charge in [0.05, 0.1) is 10.6 Å². The van der Waals surface area contributed by atoms with E-state index in [2.05, 4.69) is 10.3 Å². The van der Waals surface area contributed by atoms with E-state index in [-0.39, 0.29) is 11.3 Å². The molecule has 1 heterocycles. The Balaban J connectivity index is 1.81. The van der Waals surface area contributed by atoms with Crippen LogP contribution in [-0.2, 0) is 0 Å². The van der Waals surface area contributed by atoms with Crippen LogP contribution in [0.3, 0.4) is 0 Å². The maximum atomic E-state index is 12.5. The predicted octanol–water partition coefficient (Wildman–Crippen LogP) is 4.69. The quantitative estimate of drug-likeness (QED) is 0.494. The van der Waals surface area contributed by atoms with Gasteiger partial charge in [-0.05, 0) is 24.3 Å². The molecule has 0 aliphatic carbocycles. The zero-order chi connectivity index (χ0) is 19.6. The van der Waals surface area contributed by atoms with Gasteiger partial charge in [0, 0.05) is 41.7 Å². The number of halogens is 1. The number of nitrogens with zero attached hydrogens (tertiary/aromatic N) is 3. The number of rotatable bonds is 5. The number of aromatic nitrogens is 1. The van der Waals surface area contributed by atoms with Crippen molar-refractivity contribution in [2.75, 3.05) is 24.3 Å². The van der Waals surface area contributed by atoms with E-state index >= 15 is 0 Å². The summed E-state index contributed by atoms with van der Waals surface area (Å²) >= 11 is 7.15. The van der Waals surface area contributed by atoms with Gasteiger partial charge in [0.1, 0.15) is 5.69 Å². The SMILES string of the molecule is CN(C)c1ccc(C(=O)Nc2nc(-c3ccc(Cl)cc3)cs2)cc1[N+](=O)[O-]. The molecule has 0 radical (unpaired) electrons. The molecular formula is C18H15ClN4O3S. The van der Waals surface area contributed by atoms with Crippen molar-refractivity contribution in [2.24, 2.45) is 0 Å². The van der Waals surface area contributed by atoms with Crippen molar-refractivity contribution in [3.63, 3.8) is 0 Å². The number of nitro groups is 1. The molecule has 0 fully saturated rings. The molecule has 3 aromatic rings. The van der Waals surface area contributed by atoms with E-state index in [1.165, 1.54) is 17.4 Å². The molecule has 1 N–H and O–H groups in total. The summed E-state index contributed by atoms with van der Waals surface area (Å²) in [6, 6.07) is 11.6. The van der Waals surface area contributed by atoms with Crippen LogP contribution < -0.4 is 10.2 Å². The highest BCUT2D eigenvalue weighted by Gasteiger charge is 2.19. The highest BCUT2D eigenvalue weighted by Crippen LogP contribution is 2.29. The van der Waals surface area contributed by atoms with Crippen LogP contribution in [0.4, 0.5) is 16.5 Å².